The molecule has 50 heavy (non-hydrogen) atoms. The van der Waals surface area contributed by atoms with Gasteiger partial charge in [0.05, 0.1) is 19.3 Å². The van der Waals surface area contributed by atoms with Crippen molar-refractivity contribution in [2.45, 2.75) is 169 Å². The Kier molecular flexibility index (Phi) is 20.4. The van der Waals surface area contributed by atoms with E-state index >= 15 is 0 Å². The molecule has 16 N–H and O–H groups in total. The number of aliphatic hydroxyl groups excluding tert-OH is 7. The SMILES string of the molecule is CCCCCCCCCCCCOS(=O)(=O)O.NC[C@H]1O[C@H](O[C@H]2[C@H](O)[C@@H](OC3O[C@H](CO)[C@@H](O)[C@H](N)[C@H]3O)[C@H](N)C[C@@H]2N)[C@H](O)[C@@H](O)[C@@H]1O. The predicted molar refractivity (Wildman–Crippen MR) is 177 cm³/mol. The first-order valence-corrected chi connectivity index (χ1v) is 18.8. The molecule has 2 saturated heterocycles. The van der Waals surface area contributed by atoms with E-state index < -0.39 is 109 Å². The number of rotatable bonds is 18. The molecule has 3 fully saturated rings. The third-order valence-electron chi connectivity index (χ3n) is 9.21. The number of ether oxygens (including phenoxy) is 4. The van der Waals surface area contributed by atoms with Crippen molar-refractivity contribution in [3.8, 4) is 0 Å². The number of unbranched alkanes of at least 4 members (excludes halogenated alkanes) is 9. The molecule has 0 aromatic heterocycles. The lowest BCUT2D eigenvalue weighted by molar-refractivity contribution is -0.332. The van der Waals surface area contributed by atoms with Crippen LogP contribution >= 0.6 is 0 Å². The van der Waals surface area contributed by atoms with Gasteiger partial charge in [-0.15, -0.1) is 0 Å². The van der Waals surface area contributed by atoms with E-state index in [0.29, 0.717) is 6.42 Å². The fourth-order valence-corrected chi connectivity index (χ4v) is 6.48. The molecule has 0 radical (unpaired) electrons. The molecule has 0 aromatic carbocycles. The monoisotopic (exact) mass is 750 g/mol. The summed E-state index contributed by atoms with van der Waals surface area (Å²) < 4.78 is 55.2. The Labute approximate surface area is 294 Å². The lowest BCUT2D eigenvalue weighted by atomic mass is 9.84. The van der Waals surface area contributed by atoms with Crippen molar-refractivity contribution in [1.29, 1.82) is 0 Å². The molecule has 1 unspecified atom stereocenters. The molecule has 15 atom stereocenters. The molecule has 0 spiro atoms. The zero-order chi connectivity index (χ0) is 37.6. The summed E-state index contributed by atoms with van der Waals surface area (Å²) >= 11 is 0. The maximum absolute atomic E-state index is 10.9. The van der Waals surface area contributed by atoms with Crippen LogP contribution in [0.3, 0.4) is 0 Å². The van der Waals surface area contributed by atoms with Crippen molar-refractivity contribution in [3.63, 3.8) is 0 Å². The van der Waals surface area contributed by atoms with E-state index in [4.69, 9.17) is 46.4 Å². The number of hydrogen-bond acceptors (Lipinski definition) is 18. The van der Waals surface area contributed by atoms with Gasteiger partial charge in [-0.25, -0.2) is 4.18 Å². The molecule has 2 heterocycles. The van der Waals surface area contributed by atoms with Crippen molar-refractivity contribution in [2.75, 3.05) is 19.8 Å². The molecule has 1 saturated carbocycles. The van der Waals surface area contributed by atoms with Crippen LogP contribution < -0.4 is 22.9 Å². The standard InChI is InChI=1S/C18H36N4O11.C12H26O4S/c19-2-6-10(25)12(27)13(28)18(30-6)33-16-5(21)1-4(20)15(14(16)29)32-17-11(26)8(22)9(24)7(3-23)31-17;1-2-3-4-5-6-7-8-9-10-11-12-16-17(13,14)15/h4-18,23-29H,1-3,19-22H2;2-12H2,1H3,(H,13,14,15)/t4-,5+,6-,7-,8+,9-,10-,11-,12+,13-,14-,15+,16-,17?,18-;/m1./s1. The minimum atomic E-state index is -4.23. The Morgan fingerprint density at radius 3 is 1.62 bits per heavy atom. The summed E-state index contributed by atoms with van der Waals surface area (Å²) in [7, 11) is -4.23. The van der Waals surface area contributed by atoms with Gasteiger partial charge in [-0.3, -0.25) is 4.55 Å². The first-order chi connectivity index (χ1) is 23.6. The van der Waals surface area contributed by atoms with Crippen LogP contribution in [0.2, 0.25) is 0 Å². The normalized spacial score (nSPS) is 39.5. The van der Waals surface area contributed by atoms with Crippen LogP contribution in [0.25, 0.3) is 0 Å². The van der Waals surface area contributed by atoms with Gasteiger partial charge in [-0.1, -0.05) is 64.7 Å². The summed E-state index contributed by atoms with van der Waals surface area (Å²) in [5.74, 6) is 0. The third kappa shape index (κ3) is 13.9. The average molecular weight is 751 g/mol. The number of nitrogens with two attached hydrogens (primary N) is 4. The van der Waals surface area contributed by atoms with Gasteiger partial charge in [0.2, 0.25) is 0 Å². The predicted octanol–water partition coefficient (Wildman–Crippen LogP) is -3.56. The number of hydrogen-bond donors (Lipinski definition) is 12. The van der Waals surface area contributed by atoms with Crippen LogP contribution in [0.15, 0.2) is 0 Å². The summed E-state index contributed by atoms with van der Waals surface area (Å²) in [5, 5.41) is 70.9. The molecule has 3 rings (SSSR count). The van der Waals surface area contributed by atoms with Crippen molar-refractivity contribution >= 4 is 10.4 Å². The lowest BCUT2D eigenvalue weighted by Crippen LogP contribution is -2.68. The molecule has 1 aliphatic carbocycles. The van der Waals surface area contributed by atoms with Crippen molar-refractivity contribution in [3.05, 3.63) is 0 Å². The molecule has 0 amide bonds. The molecular weight excluding hydrogens is 688 g/mol. The molecule has 19 nitrogen and oxygen atoms in total. The van der Waals surface area contributed by atoms with Crippen molar-refractivity contribution in [1.82, 2.24) is 0 Å². The van der Waals surface area contributed by atoms with Gasteiger partial charge in [-0.2, -0.15) is 8.42 Å². The molecular formula is C30H62N4O15S. The Morgan fingerprint density at radius 2 is 1.14 bits per heavy atom. The Morgan fingerprint density at radius 1 is 0.660 bits per heavy atom. The van der Waals surface area contributed by atoms with E-state index in [1.165, 1.54) is 44.9 Å². The Hall–Kier alpha value is -0.730. The fraction of sp³-hybridized carbons (Fsp3) is 1.00. The highest BCUT2D eigenvalue weighted by Gasteiger charge is 2.51. The topological polar surface area (TPSA) is 346 Å². The smallest absolute Gasteiger partial charge is 0.394 e. The van der Waals surface area contributed by atoms with Gasteiger partial charge in [0.1, 0.15) is 61.0 Å². The lowest BCUT2D eigenvalue weighted by Gasteiger charge is -2.48. The second-order valence-corrected chi connectivity index (χ2v) is 14.3. The van der Waals surface area contributed by atoms with Gasteiger partial charge in [-0.05, 0) is 12.8 Å². The fourth-order valence-electron chi connectivity index (χ4n) is 6.15. The zero-order valence-corrected chi connectivity index (χ0v) is 29.5. The van der Waals surface area contributed by atoms with Crippen LogP contribution in [0, 0.1) is 0 Å². The van der Waals surface area contributed by atoms with E-state index in [1.807, 2.05) is 0 Å². The zero-order valence-electron chi connectivity index (χ0n) is 28.7. The minimum Gasteiger partial charge on any atom is -0.394 e. The highest BCUT2D eigenvalue weighted by atomic mass is 32.3. The van der Waals surface area contributed by atoms with Gasteiger partial charge in [0.25, 0.3) is 0 Å². The number of aliphatic hydroxyl groups is 7. The quantitative estimate of drug-likeness (QED) is 0.0476. The van der Waals surface area contributed by atoms with E-state index in [-0.39, 0.29) is 19.6 Å². The molecule has 2 aliphatic heterocycles. The second kappa shape index (κ2) is 22.5. The first-order valence-electron chi connectivity index (χ1n) is 17.5. The van der Waals surface area contributed by atoms with Crippen LogP contribution in [0.5, 0.6) is 0 Å². The Balaban J connectivity index is 0.000000432. The van der Waals surface area contributed by atoms with Gasteiger partial charge in [0.15, 0.2) is 12.6 Å². The highest BCUT2D eigenvalue weighted by Crippen LogP contribution is 2.31. The van der Waals surface area contributed by atoms with E-state index in [2.05, 4.69) is 11.1 Å². The van der Waals surface area contributed by atoms with Crippen LogP contribution in [-0.4, -0.2) is 160 Å². The summed E-state index contributed by atoms with van der Waals surface area (Å²) in [6.07, 6.45) is -4.61. The molecule has 0 bridgehead atoms. The summed E-state index contributed by atoms with van der Waals surface area (Å²) in [6, 6.07) is -2.86. The second-order valence-electron chi connectivity index (χ2n) is 13.2. The van der Waals surface area contributed by atoms with Gasteiger partial charge in [0, 0.05) is 18.6 Å². The molecule has 298 valence electrons. The summed E-state index contributed by atoms with van der Waals surface area (Å²) in [6.45, 7) is 1.55. The van der Waals surface area contributed by atoms with Crippen molar-refractivity contribution < 1.29 is 71.8 Å². The molecule has 20 heteroatoms. The van der Waals surface area contributed by atoms with Gasteiger partial charge >= 0.3 is 10.4 Å². The molecule has 0 aromatic rings. The van der Waals surface area contributed by atoms with E-state index in [9.17, 15) is 44.2 Å². The maximum Gasteiger partial charge on any atom is 0.397 e. The van der Waals surface area contributed by atoms with Crippen LogP contribution in [0.1, 0.15) is 77.6 Å². The largest absolute Gasteiger partial charge is 0.397 e. The molecule has 3 aliphatic rings. The van der Waals surface area contributed by atoms with Crippen LogP contribution in [0.4, 0.5) is 0 Å². The maximum atomic E-state index is 10.9. The minimum absolute atomic E-state index is 0.0849. The average Bonchev–Trinajstić information content (AvgIpc) is 3.07. The summed E-state index contributed by atoms with van der Waals surface area (Å²) in [4.78, 5) is 0. The summed E-state index contributed by atoms with van der Waals surface area (Å²) in [5.41, 5.74) is 23.5. The van der Waals surface area contributed by atoms with E-state index in [0.717, 1.165) is 12.8 Å². The first kappa shape index (κ1) is 45.4. The van der Waals surface area contributed by atoms with E-state index in [1.54, 1.807) is 0 Å². The Bertz CT molecular complexity index is 984. The van der Waals surface area contributed by atoms with Crippen molar-refractivity contribution in [2.24, 2.45) is 22.9 Å². The van der Waals surface area contributed by atoms with Crippen LogP contribution in [-0.2, 0) is 33.5 Å². The third-order valence-corrected chi connectivity index (χ3v) is 9.68. The highest BCUT2D eigenvalue weighted by molar-refractivity contribution is 7.80. The van der Waals surface area contributed by atoms with Gasteiger partial charge < -0.3 is 77.6 Å².